The molecular formula is C5H9N3O2S. The van der Waals surface area contributed by atoms with E-state index in [0.29, 0.717) is 5.69 Å². The van der Waals surface area contributed by atoms with Gasteiger partial charge < -0.3 is 0 Å². The number of rotatable bonds is 2. The molecule has 0 unspecified atom stereocenters. The molecule has 0 aliphatic heterocycles. The molecule has 0 aromatic carbocycles. The molecule has 0 aliphatic rings. The Morgan fingerprint density at radius 3 is 2.64 bits per heavy atom. The van der Waals surface area contributed by atoms with Crippen molar-refractivity contribution in [2.45, 2.75) is 0 Å². The Bertz CT molecular complexity index is 316. The first-order valence-electron chi connectivity index (χ1n) is 2.94. The molecule has 1 aromatic rings. The van der Waals surface area contributed by atoms with Crippen LogP contribution in [0.15, 0.2) is 12.4 Å². The van der Waals surface area contributed by atoms with Crippen LogP contribution < -0.4 is 4.31 Å². The van der Waals surface area contributed by atoms with Crippen molar-refractivity contribution in [2.75, 3.05) is 17.6 Å². The van der Waals surface area contributed by atoms with E-state index in [1.807, 2.05) is 0 Å². The topological polar surface area (TPSA) is 66.1 Å². The van der Waals surface area contributed by atoms with Crippen molar-refractivity contribution in [3.63, 3.8) is 0 Å². The Labute approximate surface area is 65.1 Å². The molecule has 0 atom stereocenters. The third-order valence-electron chi connectivity index (χ3n) is 1.34. The lowest BCUT2D eigenvalue weighted by atomic mass is 10.6. The summed E-state index contributed by atoms with van der Waals surface area (Å²) in [7, 11) is -1.68. The minimum Gasteiger partial charge on any atom is -0.284 e. The number of aromatic nitrogens is 2. The molecule has 0 bridgehead atoms. The lowest BCUT2D eigenvalue weighted by molar-refractivity contribution is 0.600. The largest absolute Gasteiger partial charge is 0.284 e. The maximum Gasteiger partial charge on any atom is 0.232 e. The summed E-state index contributed by atoms with van der Waals surface area (Å²) in [5.74, 6) is 0. The van der Waals surface area contributed by atoms with Gasteiger partial charge in [-0.25, -0.2) is 8.42 Å². The first kappa shape index (κ1) is 8.06. The quantitative estimate of drug-likeness (QED) is 0.677. The summed E-state index contributed by atoms with van der Waals surface area (Å²) < 4.78 is 23.0. The van der Waals surface area contributed by atoms with E-state index in [-0.39, 0.29) is 0 Å². The fourth-order valence-electron chi connectivity index (χ4n) is 0.608. The van der Waals surface area contributed by atoms with Gasteiger partial charge in [-0.15, -0.1) is 0 Å². The summed E-state index contributed by atoms with van der Waals surface area (Å²) in [6.07, 6.45) is 4.10. The van der Waals surface area contributed by atoms with Gasteiger partial charge in [0.1, 0.15) is 0 Å². The third kappa shape index (κ3) is 1.70. The molecule has 1 N–H and O–H groups in total. The molecule has 5 nitrogen and oxygen atoms in total. The fourth-order valence-corrected chi connectivity index (χ4v) is 1.09. The van der Waals surface area contributed by atoms with Crippen molar-refractivity contribution in [1.82, 2.24) is 10.2 Å². The van der Waals surface area contributed by atoms with Crippen LogP contribution in [0.25, 0.3) is 0 Å². The van der Waals surface area contributed by atoms with E-state index in [9.17, 15) is 8.42 Å². The number of aromatic amines is 1. The zero-order valence-corrected chi connectivity index (χ0v) is 7.09. The van der Waals surface area contributed by atoms with Crippen LogP contribution in [0.4, 0.5) is 5.69 Å². The fraction of sp³-hybridized carbons (Fsp3) is 0.400. The summed E-state index contributed by atoms with van der Waals surface area (Å²) in [4.78, 5) is 0. The van der Waals surface area contributed by atoms with Crippen molar-refractivity contribution in [3.8, 4) is 0 Å². The summed E-state index contributed by atoms with van der Waals surface area (Å²) in [6.45, 7) is 0. The molecule has 1 heterocycles. The van der Waals surface area contributed by atoms with E-state index in [4.69, 9.17) is 0 Å². The predicted molar refractivity (Wildman–Crippen MR) is 41.8 cm³/mol. The Balaban J connectivity index is 2.97. The highest BCUT2D eigenvalue weighted by molar-refractivity contribution is 7.92. The van der Waals surface area contributed by atoms with Crippen molar-refractivity contribution >= 4 is 15.7 Å². The van der Waals surface area contributed by atoms with Crippen molar-refractivity contribution in [2.24, 2.45) is 0 Å². The molecule has 0 fully saturated rings. The maximum absolute atomic E-state index is 10.9. The Hall–Kier alpha value is -1.04. The Kier molecular flexibility index (Phi) is 1.86. The standard InChI is InChI=1S/C5H9N3O2S/c1-8(11(2,9)10)5-3-6-7-4-5/h3-4H,1-2H3,(H,6,7). The van der Waals surface area contributed by atoms with Crippen LogP contribution in [0.5, 0.6) is 0 Å². The van der Waals surface area contributed by atoms with Gasteiger partial charge >= 0.3 is 0 Å². The average Bonchev–Trinajstić information content (AvgIpc) is 2.34. The highest BCUT2D eigenvalue weighted by Crippen LogP contribution is 2.10. The summed E-state index contributed by atoms with van der Waals surface area (Å²) >= 11 is 0. The van der Waals surface area contributed by atoms with E-state index in [1.165, 1.54) is 19.4 Å². The second-order valence-corrected chi connectivity index (χ2v) is 4.20. The number of anilines is 1. The number of hydrogen-bond donors (Lipinski definition) is 1. The number of nitrogens with zero attached hydrogens (tertiary/aromatic N) is 2. The van der Waals surface area contributed by atoms with E-state index in [1.54, 1.807) is 0 Å². The monoisotopic (exact) mass is 175 g/mol. The van der Waals surface area contributed by atoms with Crippen LogP contribution >= 0.6 is 0 Å². The first-order chi connectivity index (χ1) is 5.02. The molecule has 0 saturated heterocycles. The van der Waals surface area contributed by atoms with Gasteiger partial charge in [-0.2, -0.15) is 5.10 Å². The van der Waals surface area contributed by atoms with Crippen LogP contribution in [0.2, 0.25) is 0 Å². The van der Waals surface area contributed by atoms with Crippen LogP contribution in [-0.2, 0) is 10.0 Å². The minimum absolute atomic E-state index is 0.535. The molecular weight excluding hydrogens is 166 g/mol. The second-order valence-electron chi connectivity index (χ2n) is 2.19. The Morgan fingerprint density at radius 2 is 2.27 bits per heavy atom. The normalized spacial score (nSPS) is 11.5. The van der Waals surface area contributed by atoms with Crippen LogP contribution in [0.1, 0.15) is 0 Å². The predicted octanol–water partition coefficient (Wildman–Crippen LogP) is -0.195. The zero-order chi connectivity index (χ0) is 8.48. The molecule has 0 radical (unpaired) electrons. The van der Waals surface area contributed by atoms with E-state index in [0.717, 1.165) is 10.6 Å². The van der Waals surface area contributed by atoms with Gasteiger partial charge in [0.05, 0.1) is 18.1 Å². The van der Waals surface area contributed by atoms with Crippen molar-refractivity contribution < 1.29 is 8.42 Å². The lowest BCUT2D eigenvalue weighted by Crippen LogP contribution is -2.24. The zero-order valence-electron chi connectivity index (χ0n) is 6.27. The van der Waals surface area contributed by atoms with Gasteiger partial charge in [-0.1, -0.05) is 0 Å². The van der Waals surface area contributed by atoms with Gasteiger partial charge in [0.2, 0.25) is 10.0 Å². The average molecular weight is 175 g/mol. The van der Waals surface area contributed by atoms with Crippen LogP contribution in [0, 0.1) is 0 Å². The molecule has 0 spiro atoms. The maximum atomic E-state index is 10.9. The molecule has 6 heteroatoms. The van der Waals surface area contributed by atoms with Crippen molar-refractivity contribution in [1.29, 1.82) is 0 Å². The highest BCUT2D eigenvalue weighted by Gasteiger charge is 2.11. The minimum atomic E-state index is -3.15. The van der Waals surface area contributed by atoms with E-state index < -0.39 is 10.0 Å². The summed E-state index contributed by atoms with van der Waals surface area (Å²) in [6, 6.07) is 0. The number of H-pyrrole nitrogens is 1. The summed E-state index contributed by atoms with van der Waals surface area (Å²) in [5, 5.41) is 6.15. The van der Waals surface area contributed by atoms with Gasteiger partial charge in [0, 0.05) is 13.2 Å². The molecule has 1 rings (SSSR count). The smallest absolute Gasteiger partial charge is 0.232 e. The second kappa shape index (κ2) is 2.54. The van der Waals surface area contributed by atoms with Crippen LogP contribution in [0.3, 0.4) is 0 Å². The van der Waals surface area contributed by atoms with Crippen molar-refractivity contribution in [3.05, 3.63) is 12.4 Å². The van der Waals surface area contributed by atoms with Gasteiger partial charge in [0.25, 0.3) is 0 Å². The van der Waals surface area contributed by atoms with Gasteiger partial charge in [0.15, 0.2) is 0 Å². The first-order valence-corrected chi connectivity index (χ1v) is 4.79. The molecule has 11 heavy (non-hydrogen) atoms. The number of sulfonamides is 1. The molecule has 0 saturated carbocycles. The molecule has 0 amide bonds. The van der Waals surface area contributed by atoms with Gasteiger partial charge in [-0.3, -0.25) is 9.40 Å². The SMILES string of the molecule is CN(c1cn[nH]c1)S(C)(=O)=O. The lowest BCUT2D eigenvalue weighted by Gasteiger charge is -2.12. The molecule has 0 aliphatic carbocycles. The van der Waals surface area contributed by atoms with Crippen LogP contribution in [-0.4, -0.2) is 31.9 Å². The Morgan fingerprint density at radius 1 is 1.64 bits per heavy atom. The highest BCUT2D eigenvalue weighted by atomic mass is 32.2. The van der Waals surface area contributed by atoms with E-state index >= 15 is 0 Å². The van der Waals surface area contributed by atoms with E-state index in [2.05, 4.69) is 10.2 Å². The number of nitrogens with one attached hydrogen (secondary N) is 1. The van der Waals surface area contributed by atoms with Gasteiger partial charge in [-0.05, 0) is 0 Å². The molecule has 62 valence electrons. The number of hydrogen-bond acceptors (Lipinski definition) is 3. The third-order valence-corrected chi connectivity index (χ3v) is 2.55. The summed E-state index contributed by atoms with van der Waals surface area (Å²) in [5.41, 5.74) is 0.535. The molecule has 1 aromatic heterocycles.